The van der Waals surface area contributed by atoms with Crippen LogP contribution in [-0.4, -0.2) is 168 Å². The number of likely N-dealkylation sites (N-methyl/N-ethyl adjacent to an activating group) is 2. The van der Waals surface area contributed by atoms with Crippen molar-refractivity contribution in [3.8, 4) is 0 Å². The first-order valence-corrected chi connectivity index (χ1v) is 19.6. The number of nitrogens with zero attached hydrogens (tertiary/aromatic N) is 3. The standard InChI is InChI=1S/C34H48N6O11.2C2HF3O2/c1-4-5-6-7-8-18-9-11-19(12-10-18)36-30(46)20-13-15-38(2)23(31(47)39(20)3)28(51-33-27(45)24(42)21(17-35)49-33)29-25(43)26(44)32(50-29)40-16-14-22(41)37-34(40)48;2*3-2(4,5)1(6)7/h9-14,16,21,23-29,32-33,42-45H,4-8,15,17,35H2,1-3H3,(H,36,46)(H,37,41,48);2*(H,6,7)/t21-,23+,24-,25+,26-,27-,28+,29+,32-,33+;;/m1../s1. The largest absolute Gasteiger partial charge is 0.490 e. The first-order chi connectivity index (χ1) is 30.2. The van der Waals surface area contributed by atoms with Gasteiger partial charge in [0.05, 0.1) is 0 Å². The molecule has 1 aromatic heterocycles. The molecule has 0 unspecified atom stereocenters. The molecule has 2 saturated heterocycles. The second-order valence-corrected chi connectivity index (χ2v) is 14.8. The first-order valence-electron chi connectivity index (χ1n) is 19.6. The number of aromatic nitrogens is 2. The number of nitrogens with two attached hydrogens (primary N) is 1. The minimum Gasteiger partial charge on any atom is -0.475 e. The number of carboxylic acid groups (broad SMARTS) is 2. The molecule has 5 rings (SSSR count). The Morgan fingerprint density at radius 3 is 1.97 bits per heavy atom. The molecule has 4 heterocycles. The summed E-state index contributed by atoms with van der Waals surface area (Å²) in [5.74, 6) is -6.75. The number of H-pyrrole nitrogens is 1. The molecule has 10 N–H and O–H groups in total. The molecule has 3 aliphatic rings. The summed E-state index contributed by atoms with van der Waals surface area (Å²) in [6.07, 6.45) is -15.8. The van der Waals surface area contributed by atoms with Gasteiger partial charge in [-0.25, -0.2) is 14.4 Å². The molecule has 2 amide bonds. The third-order valence-electron chi connectivity index (χ3n) is 10.1. The number of benzene rings is 1. The number of carbonyl (C=O) groups excluding carboxylic acids is 2. The highest BCUT2D eigenvalue weighted by atomic mass is 19.4. The molecular weight excluding hydrogens is 894 g/mol. The minimum atomic E-state index is -5.08. The van der Waals surface area contributed by atoms with Crippen molar-refractivity contribution in [2.45, 2.75) is 113 Å². The lowest BCUT2D eigenvalue weighted by molar-refractivity contribution is -0.232. The summed E-state index contributed by atoms with van der Waals surface area (Å²) in [5.41, 5.74) is 5.78. The van der Waals surface area contributed by atoms with E-state index in [1.54, 1.807) is 25.3 Å². The van der Waals surface area contributed by atoms with Crippen molar-refractivity contribution in [1.82, 2.24) is 19.4 Å². The molecular formula is C38H50F6N6O15. The molecule has 10 atom stereocenters. The maximum atomic E-state index is 14.3. The molecule has 27 heteroatoms. The Kier molecular flexibility index (Phi) is 19.4. The van der Waals surface area contributed by atoms with Gasteiger partial charge in [0.15, 0.2) is 12.5 Å². The Hall–Kier alpha value is -5.26. The second kappa shape index (κ2) is 23.3. The van der Waals surface area contributed by atoms with Crippen LogP contribution in [0.2, 0.25) is 0 Å². The normalized spacial score (nSPS) is 26.5. The summed E-state index contributed by atoms with van der Waals surface area (Å²) in [5, 5.41) is 60.7. The van der Waals surface area contributed by atoms with E-state index in [-0.39, 0.29) is 18.8 Å². The van der Waals surface area contributed by atoms with Gasteiger partial charge in [-0.05, 0) is 43.7 Å². The van der Waals surface area contributed by atoms with Gasteiger partial charge >= 0.3 is 30.0 Å². The van der Waals surface area contributed by atoms with Crippen LogP contribution in [0.3, 0.4) is 0 Å². The number of aryl methyl sites for hydroxylation is 1. The van der Waals surface area contributed by atoms with Crippen molar-refractivity contribution in [3.05, 3.63) is 74.7 Å². The number of halogens is 6. The van der Waals surface area contributed by atoms with Crippen LogP contribution >= 0.6 is 0 Å². The van der Waals surface area contributed by atoms with E-state index in [2.05, 4.69) is 17.2 Å². The summed E-state index contributed by atoms with van der Waals surface area (Å²) in [7, 11) is 2.96. The van der Waals surface area contributed by atoms with E-state index in [1.165, 1.54) is 18.4 Å². The summed E-state index contributed by atoms with van der Waals surface area (Å²) in [6, 6.07) is 7.19. The summed E-state index contributed by atoms with van der Waals surface area (Å²) >= 11 is 0. The van der Waals surface area contributed by atoms with Gasteiger partial charge in [-0.2, -0.15) is 26.3 Å². The predicted molar refractivity (Wildman–Crippen MR) is 209 cm³/mol. The van der Waals surface area contributed by atoms with E-state index in [9.17, 15) is 65.9 Å². The number of hydrogen-bond donors (Lipinski definition) is 9. The van der Waals surface area contributed by atoms with E-state index in [1.807, 2.05) is 12.1 Å². The fraction of sp³-hybridized carbons (Fsp3) is 0.579. The van der Waals surface area contributed by atoms with Gasteiger partial charge in [-0.15, -0.1) is 0 Å². The number of alkyl halides is 6. The molecule has 3 aliphatic heterocycles. The fourth-order valence-electron chi connectivity index (χ4n) is 6.65. The van der Waals surface area contributed by atoms with Crippen LogP contribution in [0.4, 0.5) is 32.0 Å². The fourth-order valence-corrected chi connectivity index (χ4v) is 6.65. The highest BCUT2D eigenvalue weighted by Crippen LogP contribution is 2.36. The van der Waals surface area contributed by atoms with Crippen LogP contribution < -0.4 is 22.3 Å². The lowest BCUT2D eigenvalue weighted by Gasteiger charge is -2.38. The second-order valence-electron chi connectivity index (χ2n) is 14.8. The summed E-state index contributed by atoms with van der Waals surface area (Å²) in [6.45, 7) is 2.01. The smallest absolute Gasteiger partial charge is 0.475 e. The van der Waals surface area contributed by atoms with Gasteiger partial charge in [0.1, 0.15) is 54.5 Å². The van der Waals surface area contributed by atoms with E-state index in [4.69, 9.17) is 39.7 Å². The van der Waals surface area contributed by atoms with Gasteiger partial charge in [-0.1, -0.05) is 38.3 Å². The van der Waals surface area contributed by atoms with Gasteiger partial charge in [0.2, 0.25) is 5.91 Å². The Balaban J connectivity index is 0.000000693. The highest BCUT2D eigenvalue weighted by molar-refractivity contribution is 6.06. The van der Waals surface area contributed by atoms with Crippen molar-refractivity contribution in [2.75, 3.05) is 32.5 Å². The molecule has 1 aromatic carbocycles. The van der Waals surface area contributed by atoms with Crippen molar-refractivity contribution < 1.29 is 90.4 Å². The number of aromatic amines is 1. The van der Waals surface area contributed by atoms with Crippen LogP contribution in [0.5, 0.6) is 0 Å². The number of rotatable bonds is 13. The number of unbranched alkanes of at least 4 members (excludes halogenated alkanes) is 3. The average molecular weight is 945 g/mol. The van der Waals surface area contributed by atoms with Crippen molar-refractivity contribution in [2.24, 2.45) is 5.73 Å². The molecule has 65 heavy (non-hydrogen) atoms. The third-order valence-corrected chi connectivity index (χ3v) is 10.1. The minimum absolute atomic E-state index is 0.0242. The Labute approximate surface area is 364 Å². The lowest BCUT2D eigenvalue weighted by atomic mass is 9.97. The molecule has 0 bridgehead atoms. The molecule has 2 fully saturated rings. The Morgan fingerprint density at radius 1 is 0.877 bits per heavy atom. The van der Waals surface area contributed by atoms with Crippen molar-refractivity contribution in [3.63, 3.8) is 0 Å². The van der Waals surface area contributed by atoms with Crippen LogP contribution in [0, 0.1) is 0 Å². The zero-order chi connectivity index (χ0) is 49.1. The molecule has 0 aliphatic carbocycles. The number of nitrogens with one attached hydrogen (secondary N) is 2. The molecule has 2 aromatic rings. The monoisotopic (exact) mass is 944 g/mol. The van der Waals surface area contributed by atoms with Crippen LogP contribution in [0.15, 0.2) is 57.9 Å². The zero-order valence-corrected chi connectivity index (χ0v) is 34.8. The third kappa shape index (κ3) is 14.4. The van der Waals surface area contributed by atoms with Gasteiger partial charge in [-0.3, -0.25) is 28.8 Å². The molecule has 21 nitrogen and oxygen atoms in total. The molecule has 0 radical (unpaired) electrons. The number of anilines is 1. The van der Waals surface area contributed by atoms with E-state index in [0.29, 0.717) is 5.69 Å². The highest BCUT2D eigenvalue weighted by Gasteiger charge is 2.55. The number of aliphatic hydroxyl groups is 4. The Bertz CT molecular complexity index is 2060. The number of aliphatic hydroxyl groups excluding tert-OH is 4. The quantitative estimate of drug-likeness (QED) is 0.0914. The zero-order valence-electron chi connectivity index (χ0n) is 34.8. The van der Waals surface area contributed by atoms with Crippen LogP contribution in [-0.2, 0) is 39.8 Å². The SMILES string of the molecule is CCCCCCc1ccc(NC(=O)C2=CCN(C)[C@@H]([C@H](O[C@@H]3O[C@H](CN)[C@@H](O)[C@H]3O)[C@H]3O[C@@H](n4ccc(=O)[nH]c4=O)[C@H](O)[C@@H]3O)C(=O)N2C)cc1.O=C(O)C(F)(F)F.O=C(O)C(F)(F)F. The maximum Gasteiger partial charge on any atom is 0.490 e. The molecule has 364 valence electrons. The predicted octanol–water partition coefficient (Wildman–Crippen LogP) is -0.369. The number of ether oxygens (including phenoxy) is 3. The van der Waals surface area contributed by atoms with Gasteiger partial charge < -0.3 is 60.8 Å². The van der Waals surface area contributed by atoms with E-state index in [0.717, 1.165) is 53.0 Å². The van der Waals surface area contributed by atoms with Gasteiger partial charge in [0, 0.05) is 38.1 Å². The topological polar surface area (TPSA) is 317 Å². The number of amides is 2. The van der Waals surface area contributed by atoms with Crippen LogP contribution in [0.25, 0.3) is 0 Å². The van der Waals surface area contributed by atoms with Crippen molar-refractivity contribution >= 4 is 29.4 Å². The van der Waals surface area contributed by atoms with E-state index < -0.39 is 109 Å². The van der Waals surface area contributed by atoms with Gasteiger partial charge in [0.25, 0.3) is 11.5 Å². The average Bonchev–Trinajstić information content (AvgIpc) is 3.63. The van der Waals surface area contributed by atoms with Crippen molar-refractivity contribution in [1.29, 1.82) is 0 Å². The number of aliphatic carboxylic acids is 2. The molecule has 0 spiro atoms. The number of hydrogen-bond acceptors (Lipinski definition) is 15. The first kappa shape index (κ1) is 54.1. The maximum absolute atomic E-state index is 14.3. The Morgan fingerprint density at radius 2 is 1.46 bits per heavy atom. The van der Waals surface area contributed by atoms with Crippen LogP contribution in [0.1, 0.15) is 44.4 Å². The molecule has 0 saturated carbocycles. The summed E-state index contributed by atoms with van der Waals surface area (Å²) in [4.78, 5) is 74.6. The summed E-state index contributed by atoms with van der Waals surface area (Å²) < 4.78 is 82.1. The lowest BCUT2D eigenvalue weighted by Crippen LogP contribution is -2.59. The number of carboxylic acids is 2. The van der Waals surface area contributed by atoms with E-state index >= 15 is 0 Å². The number of carbonyl (C=O) groups is 4.